The first-order chi connectivity index (χ1) is 19.8. The lowest BCUT2D eigenvalue weighted by Crippen LogP contribution is -2.28. The number of ether oxygens (including phenoxy) is 1. The molecule has 2 atom stereocenters. The fourth-order valence-corrected chi connectivity index (χ4v) is 6.25. The van der Waals surface area contributed by atoms with Crippen LogP contribution in [0.25, 0.3) is 6.08 Å². The van der Waals surface area contributed by atoms with Crippen LogP contribution in [-0.4, -0.2) is 50.6 Å². The van der Waals surface area contributed by atoms with Crippen molar-refractivity contribution in [2.75, 3.05) is 18.1 Å². The summed E-state index contributed by atoms with van der Waals surface area (Å²) in [4.78, 5) is 12.6. The molecule has 17 heteroatoms. The molecular weight excluding hydrogens is 709 g/mol. The molecule has 0 aromatic heterocycles. The number of sulfone groups is 1. The van der Waals surface area contributed by atoms with Crippen LogP contribution in [0, 0.1) is 5.92 Å². The molecular formula is C27H24BrF11O4S. The van der Waals surface area contributed by atoms with E-state index in [4.69, 9.17) is 0 Å². The van der Waals surface area contributed by atoms with E-state index < -0.39 is 93.3 Å². The Labute approximate surface area is 253 Å². The zero-order valence-corrected chi connectivity index (χ0v) is 25.1. The quantitative estimate of drug-likeness (QED) is 0.162. The second kappa shape index (κ2) is 13.7. The third-order valence-electron chi connectivity index (χ3n) is 5.79. The predicted octanol–water partition coefficient (Wildman–Crippen LogP) is 9.05. The van der Waals surface area contributed by atoms with Crippen LogP contribution in [0.4, 0.5) is 48.3 Å². The topological polar surface area (TPSA) is 60.4 Å². The first-order valence-corrected chi connectivity index (χ1v) is 14.9. The number of benzene rings is 2. The highest BCUT2D eigenvalue weighted by Gasteiger charge is 2.38. The van der Waals surface area contributed by atoms with E-state index in [9.17, 15) is 61.5 Å². The van der Waals surface area contributed by atoms with Crippen molar-refractivity contribution in [3.63, 3.8) is 0 Å². The van der Waals surface area contributed by atoms with Gasteiger partial charge in [-0.15, -0.1) is 0 Å². The molecule has 0 N–H and O–H groups in total. The molecule has 0 bridgehead atoms. The number of carbonyl (C=O) groups excluding carboxylic acids is 1. The lowest BCUT2D eigenvalue weighted by Gasteiger charge is -2.22. The molecule has 0 aliphatic rings. The minimum atomic E-state index is -5.15. The third-order valence-corrected chi connectivity index (χ3v) is 8.09. The van der Waals surface area contributed by atoms with Gasteiger partial charge in [0.05, 0.1) is 17.2 Å². The van der Waals surface area contributed by atoms with E-state index in [-0.39, 0.29) is 15.6 Å². The van der Waals surface area contributed by atoms with E-state index >= 15 is 0 Å². The molecule has 0 heterocycles. The molecule has 2 aromatic carbocycles. The number of rotatable bonds is 12. The summed E-state index contributed by atoms with van der Waals surface area (Å²) in [5.41, 5.74) is -2.95. The fraction of sp³-hybridized carbons (Fsp3) is 0.444. The van der Waals surface area contributed by atoms with Crippen LogP contribution in [0.1, 0.15) is 53.2 Å². The van der Waals surface area contributed by atoms with Gasteiger partial charge in [-0.1, -0.05) is 47.1 Å². The van der Waals surface area contributed by atoms with Gasteiger partial charge in [-0.3, -0.25) is 4.79 Å². The number of allylic oxidation sites excluding steroid dienone is 1. The number of carbonyl (C=O) groups is 1. The van der Waals surface area contributed by atoms with Gasteiger partial charge < -0.3 is 4.74 Å². The standard InChI is InChI=1S/C27H24BrF11O4S/c1-15(12-44(41,42)14-26(34,35)36)7-23(40)20-5-3-16(8-22(20)27(37,38)39)4-6-21(24(2,29)30)17-9-18(28)11-19(10-17)43-13-25(31,32)33/h3-6,8-11,15,21H,7,12-14H2,1-2H3/b6-4+/t15-,21?/m0/s1. The average Bonchev–Trinajstić information content (AvgIpc) is 2.78. The molecule has 2 aromatic rings. The number of alkyl halides is 11. The minimum Gasteiger partial charge on any atom is -0.484 e. The monoisotopic (exact) mass is 732 g/mol. The molecule has 1 unspecified atom stereocenters. The van der Waals surface area contributed by atoms with Crippen LogP contribution in [0.2, 0.25) is 0 Å². The van der Waals surface area contributed by atoms with Gasteiger partial charge in [0.15, 0.2) is 22.2 Å². The number of hydrogen-bond donors (Lipinski definition) is 0. The van der Waals surface area contributed by atoms with E-state index in [2.05, 4.69) is 20.7 Å². The normalized spacial score (nSPS) is 15.0. The summed E-state index contributed by atoms with van der Waals surface area (Å²) in [7, 11) is -4.71. The molecule has 0 amide bonds. The second-order valence-corrected chi connectivity index (χ2v) is 13.1. The molecule has 2 rings (SSSR count). The summed E-state index contributed by atoms with van der Waals surface area (Å²) in [6.07, 6.45) is -14.0. The van der Waals surface area contributed by atoms with Crippen molar-refractivity contribution in [3.8, 4) is 5.75 Å². The Morgan fingerprint density at radius 1 is 0.932 bits per heavy atom. The largest absolute Gasteiger partial charge is 0.484 e. The van der Waals surface area contributed by atoms with Gasteiger partial charge in [-0.2, -0.15) is 39.5 Å². The summed E-state index contributed by atoms with van der Waals surface area (Å²) in [6.45, 7) is -0.139. The van der Waals surface area contributed by atoms with Crippen molar-refractivity contribution in [2.24, 2.45) is 5.92 Å². The van der Waals surface area contributed by atoms with Gasteiger partial charge in [0.2, 0.25) is 0 Å². The maximum atomic E-state index is 14.6. The zero-order valence-electron chi connectivity index (χ0n) is 22.7. The first kappa shape index (κ1) is 37.5. The molecule has 0 aliphatic heterocycles. The van der Waals surface area contributed by atoms with E-state index in [0.717, 1.165) is 49.4 Å². The Balaban J connectivity index is 2.39. The smallest absolute Gasteiger partial charge is 0.422 e. The first-order valence-electron chi connectivity index (χ1n) is 12.3. The average molecular weight is 733 g/mol. The van der Waals surface area contributed by atoms with E-state index in [1.54, 1.807) is 0 Å². The number of Topliss-reactive ketones (excluding diaryl/α,β-unsaturated/α-hetero) is 1. The molecule has 246 valence electrons. The summed E-state index contributed by atoms with van der Waals surface area (Å²) in [6, 6.07) is 5.35. The SMILES string of the molecule is C[C@@H](CC(=O)c1ccc(/C=C/C(c2cc(Br)cc(OCC(F)(F)F)c2)C(C)(F)F)cc1C(F)(F)F)CS(=O)(=O)CC(F)(F)F. The van der Waals surface area contributed by atoms with Gasteiger partial charge in [-0.25, -0.2) is 17.2 Å². The lowest BCUT2D eigenvalue weighted by molar-refractivity contribution is -0.153. The Morgan fingerprint density at radius 3 is 2.07 bits per heavy atom. The van der Waals surface area contributed by atoms with Gasteiger partial charge in [-0.05, 0) is 41.3 Å². The highest BCUT2D eigenvalue weighted by atomic mass is 79.9. The van der Waals surface area contributed by atoms with Gasteiger partial charge >= 0.3 is 18.5 Å². The Hall–Kier alpha value is -2.69. The molecule has 0 radical (unpaired) electrons. The van der Waals surface area contributed by atoms with Crippen LogP contribution in [0.3, 0.4) is 0 Å². The Bertz CT molecular complexity index is 1460. The lowest BCUT2D eigenvalue weighted by atomic mass is 9.91. The Morgan fingerprint density at radius 2 is 1.55 bits per heavy atom. The number of hydrogen-bond acceptors (Lipinski definition) is 4. The minimum absolute atomic E-state index is 0.0810. The zero-order chi connectivity index (χ0) is 33.9. The van der Waals surface area contributed by atoms with Crippen LogP contribution < -0.4 is 4.74 Å². The van der Waals surface area contributed by atoms with Crippen LogP contribution >= 0.6 is 15.9 Å². The van der Waals surface area contributed by atoms with Crippen molar-refractivity contribution in [1.82, 2.24) is 0 Å². The van der Waals surface area contributed by atoms with E-state index in [1.165, 1.54) is 0 Å². The van der Waals surface area contributed by atoms with Crippen molar-refractivity contribution < 1.29 is 66.2 Å². The fourth-order valence-electron chi connectivity index (χ4n) is 4.16. The number of ketones is 1. The summed E-state index contributed by atoms with van der Waals surface area (Å²) < 4.78 is 174. The van der Waals surface area contributed by atoms with Crippen molar-refractivity contribution in [3.05, 3.63) is 69.2 Å². The highest BCUT2D eigenvalue weighted by molar-refractivity contribution is 9.10. The maximum Gasteiger partial charge on any atom is 0.422 e. The molecule has 4 nitrogen and oxygen atoms in total. The molecule has 0 aliphatic carbocycles. The van der Waals surface area contributed by atoms with Crippen LogP contribution in [0.15, 0.2) is 46.9 Å². The van der Waals surface area contributed by atoms with Crippen molar-refractivity contribution in [1.29, 1.82) is 0 Å². The summed E-state index contributed by atoms with van der Waals surface area (Å²) in [5.74, 6) is -11.6. The molecule has 0 spiro atoms. The summed E-state index contributed by atoms with van der Waals surface area (Å²) in [5, 5.41) is 0. The van der Waals surface area contributed by atoms with Crippen molar-refractivity contribution >= 4 is 37.6 Å². The molecule has 0 saturated carbocycles. The van der Waals surface area contributed by atoms with Gasteiger partial charge in [0.1, 0.15) is 11.5 Å². The van der Waals surface area contributed by atoms with Crippen LogP contribution in [-0.2, 0) is 16.0 Å². The molecule has 44 heavy (non-hydrogen) atoms. The predicted molar refractivity (Wildman–Crippen MR) is 142 cm³/mol. The third kappa shape index (κ3) is 12.4. The number of halogens is 12. The molecule has 0 fully saturated rings. The van der Waals surface area contributed by atoms with Crippen molar-refractivity contribution in [2.45, 2.75) is 50.6 Å². The van der Waals surface area contributed by atoms with E-state index in [1.807, 2.05) is 0 Å². The maximum absolute atomic E-state index is 14.6. The van der Waals surface area contributed by atoms with Gasteiger partial charge in [0.25, 0.3) is 5.92 Å². The van der Waals surface area contributed by atoms with Crippen LogP contribution in [0.5, 0.6) is 5.75 Å². The highest BCUT2D eigenvalue weighted by Crippen LogP contribution is 2.39. The second-order valence-electron chi connectivity index (χ2n) is 10.1. The summed E-state index contributed by atoms with van der Waals surface area (Å²) >= 11 is 2.99. The molecule has 0 saturated heterocycles. The van der Waals surface area contributed by atoms with E-state index in [0.29, 0.717) is 13.0 Å². The van der Waals surface area contributed by atoms with Gasteiger partial charge in [0, 0.05) is 23.4 Å². The Kier molecular flexibility index (Phi) is 11.7.